The number of ether oxygens (including phenoxy) is 1. The normalized spacial score (nSPS) is 27.8. The first kappa shape index (κ1) is 20.4. The first-order valence-corrected chi connectivity index (χ1v) is 10.4. The van der Waals surface area contributed by atoms with E-state index in [1.807, 2.05) is 33.9 Å². The summed E-state index contributed by atoms with van der Waals surface area (Å²) in [6, 6.07) is 0. The van der Waals surface area contributed by atoms with Crippen LogP contribution < -0.4 is 5.32 Å². The van der Waals surface area contributed by atoms with Crippen LogP contribution in [0.1, 0.15) is 34.1 Å². The third-order valence-electron chi connectivity index (χ3n) is 4.79. The van der Waals surface area contributed by atoms with Crippen molar-refractivity contribution in [2.75, 3.05) is 6.54 Å². The Hall–Kier alpha value is -0.643. The van der Waals surface area contributed by atoms with Crippen molar-refractivity contribution < 1.29 is 32.2 Å². The van der Waals surface area contributed by atoms with E-state index in [0.717, 1.165) is 0 Å². The van der Waals surface area contributed by atoms with Gasteiger partial charge >= 0.3 is 12.1 Å². The van der Waals surface area contributed by atoms with E-state index in [0.29, 0.717) is 13.0 Å². The van der Waals surface area contributed by atoms with Crippen LogP contribution in [0.25, 0.3) is 0 Å². The van der Waals surface area contributed by atoms with E-state index in [4.69, 9.17) is 4.43 Å². The van der Waals surface area contributed by atoms with Crippen molar-refractivity contribution in [3.8, 4) is 0 Å². The number of alkyl halides is 3. The predicted octanol–water partition coefficient (Wildman–Crippen LogP) is 2.55. The SMILES string of the molecule is CC(C)(C)[Si](C)(C)O[C@@H]1CCN[C@@]1(C)C(O)OC(=O)C(F)(F)F. The Labute approximate surface area is 135 Å². The zero-order chi connectivity index (χ0) is 18.3. The average molecular weight is 357 g/mol. The van der Waals surface area contributed by atoms with Gasteiger partial charge in [-0.05, 0) is 38.0 Å². The van der Waals surface area contributed by atoms with Crippen LogP contribution in [0.15, 0.2) is 0 Å². The smallest absolute Gasteiger partial charge is 0.427 e. The molecular formula is C14H26F3NO4Si. The minimum atomic E-state index is -5.15. The highest BCUT2D eigenvalue weighted by molar-refractivity contribution is 6.74. The monoisotopic (exact) mass is 357 g/mol. The summed E-state index contributed by atoms with van der Waals surface area (Å²) < 4.78 is 47.4. The molecule has 0 aliphatic carbocycles. The van der Waals surface area contributed by atoms with E-state index in [1.165, 1.54) is 6.92 Å². The van der Waals surface area contributed by atoms with Crippen LogP contribution in [0.2, 0.25) is 18.1 Å². The molecule has 0 aromatic carbocycles. The number of aliphatic hydroxyl groups is 1. The number of nitrogens with one attached hydrogen (secondary N) is 1. The first-order chi connectivity index (χ1) is 10.1. The molecule has 1 fully saturated rings. The van der Waals surface area contributed by atoms with Crippen molar-refractivity contribution in [3.05, 3.63) is 0 Å². The van der Waals surface area contributed by atoms with Crippen molar-refractivity contribution in [1.82, 2.24) is 5.32 Å². The summed E-state index contributed by atoms with van der Waals surface area (Å²) >= 11 is 0. The molecule has 136 valence electrons. The van der Waals surface area contributed by atoms with E-state index >= 15 is 0 Å². The second-order valence-electron chi connectivity index (χ2n) is 7.62. The quantitative estimate of drug-likeness (QED) is 0.460. The first-order valence-electron chi connectivity index (χ1n) is 7.50. The third kappa shape index (κ3) is 4.46. The van der Waals surface area contributed by atoms with Gasteiger partial charge in [-0.2, -0.15) is 13.2 Å². The molecule has 23 heavy (non-hydrogen) atoms. The molecule has 5 nitrogen and oxygen atoms in total. The molecule has 2 N–H and O–H groups in total. The third-order valence-corrected chi connectivity index (χ3v) is 9.27. The molecular weight excluding hydrogens is 331 g/mol. The summed E-state index contributed by atoms with van der Waals surface area (Å²) in [5.74, 6) is -2.41. The van der Waals surface area contributed by atoms with Crippen LogP contribution >= 0.6 is 0 Å². The highest BCUT2D eigenvalue weighted by atomic mass is 28.4. The van der Waals surface area contributed by atoms with Crippen LogP contribution in [-0.2, 0) is 14.0 Å². The lowest BCUT2D eigenvalue weighted by Crippen LogP contribution is -2.60. The Kier molecular flexibility index (Phi) is 5.63. The zero-order valence-electron chi connectivity index (χ0n) is 14.4. The van der Waals surface area contributed by atoms with E-state index in [-0.39, 0.29) is 5.04 Å². The van der Waals surface area contributed by atoms with Gasteiger partial charge in [0.25, 0.3) is 0 Å². The summed E-state index contributed by atoms with van der Waals surface area (Å²) in [6.07, 6.45) is -7.12. The fourth-order valence-electron chi connectivity index (χ4n) is 2.14. The van der Waals surface area contributed by atoms with Gasteiger partial charge in [0.05, 0.1) is 6.10 Å². The maximum Gasteiger partial charge on any atom is 0.491 e. The van der Waals surface area contributed by atoms with Crippen molar-refractivity contribution in [2.24, 2.45) is 0 Å². The molecule has 1 heterocycles. The molecule has 0 spiro atoms. The van der Waals surface area contributed by atoms with Crippen molar-refractivity contribution in [3.63, 3.8) is 0 Å². The highest BCUT2D eigenvalue weighted by Gasteiger charge is 2.53. The minimum absolute atomic E-state index is 0.0932. The molecule has 0 saturated carbocycles. The average Bonchev–Trinajstić information content (AvgIpc) is 2.69. The fourth-order valence-corrected chi connectivity index (χ4v) is 3.56. The summed E-state index contributed by atoms with van der Waals surface area (Å²) in [6.45, 7) is 12.1. The number of aliphatic hydroxyl groups excluding tert-OH is 1. The minimum Gasteiger partial charge on any atom is -0.427 e. The van der Waals surface area contributed by atoms with Crippen LogP contribution in [-0.4, -0.2) is 50.0 Å². The maximum atomic E-state index is 12.3. The molecule has 0 aromatic heterocycles. The molecule has 1 aliphatic heterocycles. The van der Waals surface area contributed by atoms with Gasteiger partial charge in [0, 0.05) is 0 Å². The van der Waals surface area contributed by atoms with Crippen LogP contribution in [0.3, 0.4) is 0 Å². The van der Waals surface area contributed by atoms with Gasteiger partial charge in [-0.15, -0.1) is 0 Å². The van der Waals surface area contributed by atoms with E-state index in [2.05, 4.69) is 10.1 Å². The Morgan fingerprint density at radius 3 is 2.30 bits per heavy atom. The molecule has 1 aliphatic rings. The van der Waals surface area contributed by atoms with Crippen molar-refractivity contribution in [1.29, 1.82) is 0 Å². The summed E-state index contributed by atoms with van der Waals surface area (Å²) in [5, 5.41) is 12.9. The zero-order valence-corrected chi connectivity index (χ0v) is 15.4. The van der Waals surface area contributed by atoms with Gasteiger partial charge in [0.1, 0.15) is 5.54 Å². The topological polar surface area (TPSA) is 67.8 Å². The highest BCUT2D eigenvalue weighted by Crippen LogP contribution is 2.40. The van der Waals surface area contributed by atoms with Gasteiger partial charge in [-0.25, -0.2) is 4.79 Å². The van der Waals surface area contributed by atoms with Crippen LogP contribution in [0, 0.1) is 0 Å². The molecule has 0 radical (unpaired) electrons. The van der Waals surface area contributed by atoms with Gasteiger partial charge in [0.2, 0.25) is 6.29 Å². The summed E-state index contributed by atoms with van der Waals surface area (Å²) in [5.41, 5.74) is -1.28. The number of carbonyl (C=O) groups is 1. The number of hydrogen-bond donors (Lipinski definition) is 2. The lowest BCUT2D eigenvalue weighted by atomic mass is 9.96. The second kappa shape index (κ2) is 6.34. The summed E-state index contributed by atoms with van der Waals surface area (Å²) in [4.78, 5) is 11.0. The van der Waals surface area contributed by atoms with Crippen molar-refractivity contribution in [2.45, 2.75) is 76.4 Å². The predicted molar refractivity (Wildman–Crippen MR) is 81.2 cm³/mol. The van der Waals surface area contributed by atoms with Gasteiger partial charge in [0.15, 0.2) is 8.32 Å². The van der Waals surface area contributed by atoms with E-state index < -0.39 is 38.4 Å². The van der Waals surface area contributed by atoms with Crippen LogP contribution in [0.4, 0.5) is 13.2 Å². The van der Waals surface area contributed by atoms with E-state index in [9.17, 15) is 23.1 Å². The number of halogens is 3. The summed E-state index contributed by atoms with van der Waals surface area (Å²) in [7, 11) is -2.20. The molecule has 9 heteroatoms. The lowest BCUT2D eigenvalue weighted by molar-refractivity contribution is -0.231. The number of carbonyl (C=O) groups excluding carboxylic acids is 1. The molecule has 3 atom stereocenters. The molecule has 1 rings (SSSR count). The Morgan fingerprint density at radius 1 is 1.35 bits per heavy atom. The van der Waals surface area contributed by atoms with Gasteiger partial charge in [-0.1, -0.05) is 20.8 Å². The Bertz CT molecular complexity index is 450. The molecule has 0 amide bonds. The Balaban J connectivity index is 2.89. The largest absolute Gasteiger partial charge is 0.491 e. The van der Waals surface area contributed by atoms with Gasteiger partial charge < -0.3 is 19.6 Å². The number of rotatable bonds is 4. The Morgan fingerprint density at radius 2 is 1.87 bits per heavy atom. The second-order valence-corrected chi connectivity index (χ2v) is 12.4. The van der Waals surface area contributed by atoms with Crippen LogP contribution in [0.5, 0.6) is 0 Å². The fraction of sp³-hybridized carbons (Fsp3) is 0.929. The molecule has 1 saturated heterocycles. The standard InChI is InChI=1S/C14H26F3NO4Si/c1-12(2,3)23(5,6)22-9-7-8-18-13(9,4)10(19)21-11(20)14(15,16)17/h9-10,18-19H,7-8H2,1-6H3/t9-,10?,13-/m1/s1. The van der Waals surface area contributed by atoms with E-state index in [1.54, 1.807) is 0 Å². The molecule has 0 bridgehead atoms. The van der Waals surface area contributed by atoms with Crippen molar-refractivity contribution >= 4 is 14.3 Å². The maximum absolute atomic E-state index is 12.3. The lowest BCUT2D eigenvalue weighted by Gasteiger charge is -2.43. The molecule has 0 aromatic rings. The molecule has 1 unspecified atom stereocenters. The number of hydrogen-bond acceptors (Lipinski definition) is 5. The van der Waals surface area contributed by atoms with Gasteiger partial charge in [-0.3, -0.25) is 0 Å². The number of esters is 1.